The predicted octanol–water partition coefficient (Wildman–Crippen LogP) is 5.73. The summed E-state index contributed by atoms with van der Waals surface area (Å²) in [5, 5.41) is 0. The largest absolute Gasteiger partial charge is 0.257 e. The first-order valence-electron chi connectivity index (χ1n) is 9.12. The molecule has 2 nitrogen and oxygen atoms in total. The lowest BCUT2D eigenvalue weighted by Crippen LogP contribution is -2.14. The van der Waals surface area contributed by atoms with Crippen molar-refractivity contribution in [3.8, 4) is 0 Å². The van der Waals surface area contributed by atoms with Gasteiger partial charge in [0.1, 0.15) is 7.05 Å². The maximum absolute atomic E-state index is 4.78. The molecule has 0 unspecified atom stereocenters. The van der Waals surface area contributed by atoms with Gasteiger partial charge in [-0.1, -0.05) is 64.1 Å². The third kappa shape index (κ3) is 3.64. The second-order valence-electron chi connectivity index (χ2n) is 5.59. The number of hydrogen-bond acceptors (Lipinski definition) is 1. The average molecular weight is 321 g/mol. The fourth-order valence-corrected chi connectivity index (χ4v) is 3.21. The molecule has 24 heavy (non-hydrogen) atoms. The van der Waals surface area contributed by atoms with Crippen LogP contribution in [0.15, 0.2) is 53.5 Å². The van der Waals surface area contributed by atoms with Crippen LogP contribution in [0.3, 0.4) is 0 Å². The lowest BCUT2D eigenvalue weighted by molar-refractivity contribution is -0.402. The van der Waals surface area contributed by atoms with Crippen LogP contribution in [0.5, 0.6) is 0 Å². The Bertz CT molecular complexity index is 754. The summed E-state index contributed by atoms with van der Waals surface area (Å²) in [5.74, 6) is 0. The number of para-hydroxylation sites is 2. The molecule has 126 valence electrons. The fourth-order valence-electron chi connectivity index (χ4n) is 3.21. The first-order chi connectivity index (χ1) is 11.8. The monoisotopic (exact) mass is 321 g/mol. The molecule has 0 spiro atoms. The summed E-state index contributed by atoms with van der Waals surface area (Å²) in [6.45, 7) is 8.00. The minimum atomic E-state index is 0.986. The van der Waals surface area contributed by atoms with Gasteiger partial charge in [0.25, 0.3) is 0 Å². The molecule has 2 aromatic carbocycles. The first-order valence-corrected chi connectivity index (χ1v) is 9.12. The van der Waals surface area contributed by atoms with Crippen LogP contribution >= 0.6 is 0 Å². The molecule has 0 aromatic heterocycles. The van der Waals surface area contributed by atoms with Crippen LogP contribution in [0.1, 0.15) is 45.2 Å². The lowest BCUT2D eigenvalue weighted by atomic mass is 10.0. The van der Waals surface area contributed by atoms with Crippen LogP contribution in [0.4, 0.5) is 11.4 Å². The number of benzene rings is 2. The molecule has 0 fully saturated rings. The summed E-state index contributed by atoms with van der Waals surface area (Å²) < 4.78 is 2.33. The van der Waals surface area contributed by atoms with Crippen LogP contribution in [0.25, 0.3) is 0 Å². The molecule has 2 aliphatic heterocycles. The molecule has 4 rings (SSSR count). The van der Waals surface area contributed by atoms with Crippen molar-refractivity contribution in [2.75, 3.05) is 7.05 Å². The van der Waals surface area contributed by atoms with Crippen LogP contribution in [-0.2, 0) is 12.8 Å². The van der Waals surface area contributed by atoms with Crippen LogP contribution in [-0.4, -0.2) is 23.0 Å². The van der Waals surface area contributed by atoms with Crippen molar-refractivity contribution in [1.82, 2.24) is 0 Å². The van der Waals surface area contributed by atoms with Gasteiger partial charge < -0.3 is 0 Å². The molecule has 0 atom stereocenters. The molecule has 2 heteroatoms. The second-order valence-corrected chi connectivity index (χ2v) is 5.59. The SMILES string of the molecule is CC.CC.C[N+]1=C(CC2=Nc3ccccc3C2)Cc2ccccc21. The van der Waals surface area contributed by atoms with E-state index in [1.165, 1.54) is 28.2 Å². The van der Waals surface area contributed by atoms with Crippen molar-refractivity contribution in [2.45, 2.75) is 47.0 Å². The van der Waals surface area contributed by atoms with Crippen LogP contribution < -0.4 is 0 Å². The highest BCUT2D eigenvalue weighted by Crippen LogP contribution is 2.30. The number of nitrogens with zero attached hydrogens (tertiary/aromatic N) is 2. The summed E-state index contributed by atoms with van der Waals surface area (Å²) in [7, 11) is 2.17. The predicted molar refractivity (Wildman–Crippen MR) is 106 cm³/mol. The van der Waals surface area contributed by atoms with E-state index in [-0.39, 0.29) is 0 Å². The van der Waals surface area contributed by atoms with Crippen molar-refractivity contribution in [3.05, 3.63) is 59.7 Å². The van der Waals surface area contributed by atoms with E-state index in [2.05, 4.69) is 60.2 Å². The Morgan fingerprint density at radius 2 is 1.46 bits per heavy atom. The quantitative estimate of drug-likeness (QED) is 0.628. The van der Waals surface area contributed by atoms with Crippen molar-refractivity contribution < 1.29 is 4.58 Å². The van der Waals surface area contributed by atoms with E-state index in [0.29, 0.717) is 0 Å². The summed E-state index contributed by atoms with van der Waals surface area (Å²) in [4.78, 5) is 4.78. The highest BCUT2D eigenvalue weighted by molar-refractivity contribution is 6.08. The summed E-state index contributed by atoms with van der Waals surface area (Å²) in [5.41, 5.74) is 8.04. The molecular formula is C22H29N2+. The molecule has 0 amide bonds. The minimum Gasteiger partial charge on any atom is -0.257 e. The Balaban J connectivity index is 0.000000487. The highest BCUT2D eigenvalue weighted by atomic mass is 15.0. The van der Waals surface area contributed by atoms with Crippen molar-refractivity contribution in [3.63, 3.8) is 0 Å². The van der Waals surface area contributed by atoms with Gasteiger partial charge in [-0.05, 0) is 11.6 Å². The van der Waals surface area contributed by atoms with Gasteiger partial charge in [-0.25, -0.2) is 4.58 Å². The molecular weight excluding hydrogens is 292 g/mol. The maximum atomic E-state index is 4.78. The van der Waals surface area contributed by atoms with E-state index in [1.54, 1.807) is 0 Å². The second kappa shape index (κ2) is 8.58. The van der Waals surface area contributed by atoms with Gasteiger partial charge >= 0.3 is 0 Å². The molecule has 0 N–H and O–H groups in total. The zero-order chi connectivity index (χ0) is 17.5. The van der Waals surface area contributed by atoms with Gasteiger partial charge in [-0.3, -0.25) is 4.99 Å². The maximum Gasteiger partial charge on any atom is 0.208 e. The number of hydrogen-bond donors (Lipinski definition) is 0. The normalized spacial score (nSPS) is 14.0. The lowest BCUT2D eigenvalue weighted by Gasteiger charge is -1.98. The van der Waals surface area contributed by atoms with Gasteiger partial charge in [0, 0.05) is 23.8 Å². The number of aliphatic imine (C=N–C) groups is 1. The topological polar surface area (TPSA) is 15.4 Å². The van der Waals surface area contributed by atoms with Gasteiger partial charge in [-0.15, -0.1) is 0 Å². The highest BCUT2D eigenvalue weighted by Gasteiger charge is 2.28. The van der Waals surface area contributed by atoms with Gasteiger partial charge in [0.15, 0.2) is 5.71 Å². The molecule has 0 radical (unpaired) electrons. The molecule has 0 saturated carbocycles. The van der Waals surface area contributed by atoms with Gasteiger partial charge in [0.2, 0.25) is 5.69 Å². The summed E-state index contributed by atoms with van der Waals surface area (Å²) in [6.07, 6.45) is 3.05. The Labute approximate surface area is 146 Å². The first kappa shape index (κ1) is 18.1. The standard InChI is InChI=1S/C18H17N2.2C2H6/c1-20-16(11-14-7-3-5-9-18(14)20)12-15-10-13-6-2-4-8-17(13)19-15;2*1-2/h2-9H,10-12H2,1H3;2*1-2H3/q+1;;. The van der Waals surface area contributed by atoms with Crippen molar-refractivity contribution >= 4 is 22.8 Å². The summed E-state index contributed by atoms with van der Waals surface area (Å²) in [6, 6.07) is 17.1. The van der Waals surface area contributed by atoms with E-state index in [9.17, 15) is 0 Å². The molecule has 2 heterocycles. The van der Waals surface area contributed by atoms with E-state index in [4.69, 9.17) is 4.99 Å². The zero-order valence-corrected chi connectivity index (χ0v) is 15.6. The third-order valence-electron chi connectivity index (χ3n) is 4.29. The molecule has 2 aliphatic rings. The molecule has 2 aromatic rings. The number of rotatable bonds is 2. The van der Waals surface area contributed by atoms with E-state index >= 15 is 0 Å². The molecule has 0 bridgehead atoms. The Morgan fingerprint density at radius 3 is 2.12 bits per heavy atom. The van der Waals surface area contributed by atoms with Crippen LogP contribution in [0, 0.1) is 0 Å². The fraction of sp³-hybridized carbons (Fsp3) is 0.364. The Kier molecular flexibility index (Phi) is 6.48. The van der Waals surface area contributed by atoms with Crippen molar-refractivity contribution in [1.29, 1.82) is 0 Å². The van der Waals surface area contributed by atoms with Gasteiger partial charge in [-0.2, -0.15) is 0 Å². The average Bonchev–Trinajstić information content (AvgIpc) is 3.20. The summed E-state index contributed by atoms with van der Waals surface area (Å²) >= 11 is 0. The van der Waals surface area contributed by atoms with Crippen LogP contribution in [0.2, 0.25) is 0 Å². The van der Waals surface area contributed by atoms with Crippen molar-refractivity contribution in [2.24, 2.45) is 4.99 Å². The van der Waals surface area contributed by atoms with E-state index < -0.39 is 0 Å². The Hall–Kier alpha value is -2.22. The molecule has 0 aliphatic carbocycles. The van der Waals surface area contributed by atoms with E-state index in [0.717, 1.165) is 24.9 Å². The van der Waals surface area contributed by atoms with E-state index in [1.807, 2.05) is 27.7 Å². The third-order valence-corrected chi connectivity index (χ3v) is 4.29. The molecule has 0 saturated heterocycles. The van der Waals surface area contributed by atoms with Gasteiger partial charge in [0.05, 0.1) is 18.5 Å². The number of fused-ring (bicyclic) bond motifs is 2. The smallest absolute Gasteiger partial charge is 0.208 e. The zero-order valence-electron chi connectivity index (χ0n) is 15.6. The minimum absolute atomic E-state index is 0.986. The Morgan fingerprint density at radius 1 is 0.833 bits per heavy atom.